The molecule has 1 N–H and O–H groups in total. The summed E-state index contributed by atoms with van der Waals surface area (Å²) >= 11 is 0. The van der Waals surface area contributed by atoms with Crippen LogP contribution in [0.15, 0.2) is 35.5 Å². The van der Waals surface area contributed by atoms with Crippen LogP contribution in [0.3, 0.4) is 0 Å². The second-order valence-corrected chi connectivity index (χ2v) is 3.44. The van der Waals surface area contributed by atoms with Crippen LogP contribution in [0.1, 0.15) is 25.8 Å². The fourth-order valence-corrected chi connectivity index (χ4v) is 1.14. The summed E-state index contributed by atoms with van der Waals surface area (Å²) in [6.45, 7) is 4.40. The van der Waals surface area contributed by atoms with Gasteiger partial charge in [0.15, 0.2) is 0 Å². The van der Waals surface area contributed by atoms with Crippen LogP contribution in [0.5, 0.6) is 0 Å². The number of hydrogen-bond donors (Lipinski definition) is 1. The van der Waals surface area contributed by atoms with E-state index in [0.29, 0.717) is 12.3 Å². The molecule has 0 heterocycles. The summed E-state index contributed by atoms with van der Waals surface area (Å²) in [4.78, 5) is 0. The molecular weight excluding hydrogens is 190 g/mol. The summed E-state index contributed by atoms with van der Waals surface area (Å²) in [6, 6.07) is 9.53. The number of nitrogens with zero attached hydrogens (tertiary/aromatic N) is 1. The highest BCUT2D eigenvalue weighted by Gasteiger charge is 2.06. The molecule has 0 saturated carbocycles. The first-order valence-corrected chi connectivity index (χ1v) is 5.15. The van der Waals surface area contributed by atoms with Crippen molar-refractivity contribution in [3.63, 3.8) is 0 Å². The Balaban J connectivity index is 2.59. The number of hydrogen-bond acceptors (Lipinski definition) is 3. The first kappa shape index (κ1) is 11.7. The lowest BCUT2D eigenvalue weighted by atomic mass is 10.1. The van der Waals surface area contributed by atoms with Gasteiger partial charge in [-0.3, -0.25) is 0 Å². The van der Waals surface area contributed by atoms with E-state index < -0.39 is 0 Å². The first-order valence-electron chi connectivity index (χ1n) is 5.15. The van der Waals surface area contributed by atoms with Gasteiger partial charge in [-0.25, -0.2) is 0 Å². The van der Waals surface area contributed by atoms with Gasteiger partial charge in [0.25, 0.3) is 0 Å². The van der Waals surface area contributed by atoms with Gasteiger partial charge in [0.1, 0.15) is 5.71 Å². The van der Waals surface area contributed by atoms with Gasteiger partial charge in [0.05, 0.1) is 12.7 Å². The van der Waals surface area contributed by atoms with Gasteiger partial charge in [-0.1, -0.05) is 42.4 Å². The Bertz CT molecular complexity index is 309. The van der Waals surface area contributed by atoms with Crippen molar-refractivity contribution >= 4 is 5.71 Å². The van der Waals surface area contributed by atoms with E-state index in [4.69, 9.17) is 9.94 Å². The van der Waals surface area contributed by atoms with Gasteiger partial charge >= 0.3 is 0 Å². The smallest absolute Gasteiger partial charge is 0.112 e. The van der Waals surface area contributed by atoms with Gasteiger partial charge < -0.3 is 9.94 Å². The van der Waals surface area contributed by atoms with Gasteiger partial charge in [-0.2, -0.15) is 0 Å². The minimum Gasteiger partial charge on any atom is -0.411 e. The lowest BCUT2D eigenvalue weighted by molar-refractivity contribution is 0.0920. The molecule has 1 atom stereocenters. The zero-order valence-electron chi connectivity index (χ0n) is 9.18. The Morgan fingerprint density at radius 2 is 2.07 bits per heavy atom. The Morgan fingerprint density at radius 1 is 1.40 bits per heavy atom. The standard InChI is InChI=1S/C12H17NO2/c1-3-10(2)15-9-12(13-14)11-7-5-4-6-8-11/h4-8,10,14H,3,9H2,1-2H3. The van der Waals surface area contributed by atoms with Crippen LogP contribution in [0.4, 0.5) is 0 Å². The molecule has 3 heteroatoms. The second-order valence-electron chi connectivity index (χ2n) is 3.44. The monoisotopic (exact) mass is 207 g/mol. The summed E-state index contributed by atoms with van der Waals surface area (Å²) in [5.74, 6) is 0. The zero-order chi connectivity index (χ0) is 11.1. The van der Waals surface area contributed by atoms with Crippen molar-refractivity contribution in [1.29, 1.82) is 0 Å². The molecule has 0 aliphatic rings. The van der Waals surface area contributed by atoms with Crippen LogP contribution < -0.4 is 0 Å². The van der Waals surface area contributed by atoms with Crippen LogP contribution in [0.25, 0.3) is 0 Å². The SMILES string of the molecule is CCC(C)OCC(=NO)c1ccccc1. The molecule has 0 bridgehead atoms. The Kier molecular flexibility index (Phi) is 4.84. The minimum absolute atomic E-state index is 0.186. The van der Waals surface area contributed by atoms with E-state index in [-0.39, 0.29) is 6.10 Å². The van der Waals surface area contributed by atoms with Crippen LogP contribution in [-0.2, 0) is 4.74 Å². The second kappa shape index (κ2) is 6.19. The van der Waals surface area contributed by atoms with Gasteiger partial charge in [0, 0.05) is 5.56 Å². The van der Waals surface area contributed by atoms with Gasteiger partial charge in [0.2, 0.25) is 0 Å². The van der Waals surface area contributed by atoms with Crippen molar-refractivity contribution in [2.75, 3.05) is 6.61 Å². The molecule has 0 saturated heterocycles. The third-order valence-corrected chi connectivity index (χ3v) is 2.31. The zero-order valence-corrected chi connectivity index (χ0v) is 9.18. The summed E-state index contributed by atoms with van der Waals surface area (Å²) in [5, 5.41) is 12.1. The molecule has 0 aliphatic carbocycles. The van der Waals surface area contributed by atoms with E-state index in [2.05, 4.69) is 12.1 Å². The summed E-state index contributed by atoms with van der Waals surface area (Å²) in [5.41, 5.74) is 1.46. The van der Waals surface area contributed by atoms with E-state index in [1.54, 1.807) is 0 Å². The first-order chi connectivity index (χ1) is 7.27. The number of benzene rings is 1. The van der Waals surface area contributed by atoms with Crippen molar-refractivity contribution in [3.8, 4) is 0 Å². The topological polar surface area (TPSA) is 41.8 Å². The molecule has 0 aromatic heterocycles. The van der Waals surface area contributed by atoms with Crippen molar-refractivity contribution < 1.29 is 9.94 Å². The molecule has 82 valence electrons. The Morgan fingerprint density at radius 3 is 2.60 bits per heavy atom. The Hall–Kier alpha value is -1.35. The van der Waals surface area contributed by atoms with Crippen LogP contribution in [0.2, 0.25) is 0 Å². The number of rotatable bonds is 5. The maximum atomic E-state index is 8.87. The average Bonchev–Trinajstić information content (AvgIpc) is 2.31. The quantitative estimate of drug-likeness (QED) is 0.458. The van der Waals surface area contributed by atoms with Crippen molar-refractivity contribution in [3.05, 3.63) is 35.9 Å². The van der Waals surface area contributed by atoms with Crippen molar-refractivity contribution in [2.45, 2.75) is 26.4 Å². The minimum atomic E-state index is 0.186. The molecule has 0 fully saturated rings. The van der Waals surface area contributed by atoms with Crippen molar-refractivity contribution in [1.82, 2.24) is 0 Å². The molecule has 1 unspecified atom stereocenters. The molecule has 3 nitrogen and oxygen atoms in total. The van der Waals surface area contributed by atoms with Gasteiger partial charge in [-0.15, -0.1) is 0 Å². The maximum Gasteiger partial charge on any atom is 0.112 e. The summed E-state index contributed by atoms with van der Waals surface area (Å²) in [6.07, 6.45) is 1.14. The highest BCUT2D eigenvalue weighted by molar-refractivity contribution is 6.01. The summed E-state index contributed by atoms with van der Waals surface area (Å²) < 4.78 is 5.51. The highest BCUT2D eigenvalue weighted by Crippen LogP contribution is 2.04. The van der Waals surface area contributed by atoms with Gasteiger partial charge in [-0.05, 0) is 13.3 Å². The molecule has 15 heavy (non-hydrogen) atoms. The molecule has 0 radical (unpaired) electrons. The van der Waals surface area contributed by atoms with E-state index in [1.165, 1.54) is 0 Å². The normalized spacial score (nSPS) is 13.9. The molecular formula is C12H17NO2. The predicted molar refractivity (Wildman–Crippen MR) is 60.5 cm³/mol. The average molecular weight is 207 g/mol. The fraction of sp³-hybridized carbons (Fsp3) is 0.417. The largest absolute Gasteiger partial charge is 0.411 e. The molecule has 1 rings (SSSR count). The van der Waals surface area contributed by atoms with Crippen LogP contribution in [0, 0.1) is 0 Å². The molecule has 1 aromatic carbocycles. The third-order valence-electron chi connectivity index (χ3n) is 2.31. The fourth-order valence-electron chi connectivity index (χ4n) is 1.14. The predicted octanol–water partition coefficient (Wildman–Crippen LogP) is 2.68. The molecule has 0 spiro atoms. The lowest BCUT2D eigenvalue weighted by Crippen LogP contribution is -2.16. The van der Waals surface area contributed by atoms with E-state index in [1.807, 2.05) is 37.3 Å². The third kappa shape index (κ3) is 3.72. The van der Waals surface area contributed by atoms with Crippen molar-refractivity contribution in [2.24, 2.45) is 5.16 Å². The van der Waals surface area contributed by atoms with E-state index in [9.17, 15) is 0 Å². The molecule has 0 amide bonds. The number of ether oxygens (including phenoxy) is 1. The Labute approximate surface area is 90.4 Å². The summed E-state index contributed by atoms with van der Waals surface area (Å²) in [7, 11) is 0. The highest BCUT2D eigenvalue weighted by atomic mass is 16.5. The van der Waals surface area contributed by atoms with Crippen LogP contribution in [-0.4, -0.2) is 23.6 Å². The van der Waals surface area contributed by atoms with E-state index >= 15 is 0 Å². The lowest BCUT2D eigenvalue weighted by Gasteiger charge is -2.11. The van der Waals surface area contributed by atoms with E-state index in [0.717, 1.165) is 12.0 Å². The van der Waals surface area contributed by atoms with Crippen LogP contribution >= 0.6 is 0 Å². The number of oxime groups is 1. The maximum absolute atomic E-state index is 8.87. The molecule has 1 aromatic rings. The molecule has 0 aliphatic heterocycles.